The fourth-order valence-electron chi connectivity index (χ4n) is 2.98. The van der Waals surface area contributed by atoms with Crippen LogP contribution in [-0.2, 0) is 33.5 Å². The minimum atomic E-state index is -4.67. The van der Waals surface area contributed by atoms with Crippen LogP contribution in [0, 0.1) is 0 Å². The molecule has 3 amide bonds. The molecule has 3 atom stereocenters. The third-order valence-electron chi connectivity index (χ3n) is 4.66. The standard InChI is InChI=1S/C22H24F3N3O5/c1-13(29)18(28-21(32)33-12-14-7-3-2-4-8-14)20(31)27-17(19(26)30)11-15-9-5-6-10-16(15)22(23,24)25/h2-10,13,17-18,29H,11-12H2,1H3,(H2,26,30)(H,27,31)(H,28,32)/t13-,17-,18+/m1/s1. The average molecular weight is 467 g/mol. The lowest BCUT2D eigenvalue weighted by Crippen LogP contribution is -2.57. The van der Waals surface area contributed by atoms with Gasteiger partial charge in [0.2, 0.25) is 11.8 Å². The molecule has 0 heterocycles. The van der Waals surface area contributed by atoms with Crippen molar-refractivity contribution < 1.29 is 37.4 Å². The van der Waals surface area contributed by atoms with Crippen LogP contribution in [0.15, 0.2) is 54.6 Å². The van der Waals surface area contributed by atoms with Crippen molar-refractivity contribution in [2.45, 2.75) is 44.3 Å². The number of nitrogens with two attached hydrogens (primary N) is 1. The molecule has 0 aliphatic carbocycles. The van der Waals surface area contributed by atoms with Gasteiger partial charge in [0, 0.05) is 6.42 Å². The molecule has 0 aromatic heterocycles. The number of nitrogens with one attached hydrogen (secondary N) is 2. The van der Waals surface area contributed by atoms with E-state index in [9.17, 15) is 32.7 Å². The SMILES string of the molecule is C[C@@H](O)[C@H](NC(=O)OCc1ccccc1)C(=O)N[C@H](Cc1ccccc1C(F)(F)F)C(N)=O. The van der Waals surface area contributed by atoms with Crippen molar-refractivity contribution in [3.05, 3.63) is 71.3 Å². The molecule has 0 aliphatic heterocycles. The number of amides is 3. The van der Waals surface area contributed by atoms with Crippen molar-refractivity contribution in [2.24, 2.45) is 5.73 Å². The molecular formula is C22H24F3N3O5. The number of hydrogen-bond donors (Lipinski definition) is 4. The summed E-state index contributed by atoms with van der Waals surface area (Å²) in [5.41, 5.74) is 4.73. The highest BCUT2D eigenvalue weighted by atomic mass is 19.4. The van der Waals surface area contributed by atoms with Crippen molar-refractivity contribution in [2.75, 3.05) is 0 Å². The Morgan fingerprint density at radius 3 is 2.21 bits per heavy atom. The summed E-state index contributed by atoms with van der Waals surface area (Å²) in [5.74, 6) is -2.11. The van der Waals surface area contributed by atoms with Crippen LogP contribution in [-0.4, -0.2) is 41.2 Å². The summed E-state index contributed by atoms with van der Waals surface area (Å²) in [5, 5.41) is 14.3. The predicted molar refractivity (Wildman–Crippen MR) is 112 cm³/mol. The average Bonchev–Trinajstić information content (AvgIpc) is 2.75. The molecule has 0 fully saturated rings. The van der Waals surface area contributed by atoms with Gasteiger partial charge in [0.05, 0.1) is 11.7 Å². The molecule has 0 aliphatic rings. The zero-order valence-electron chi connectivity index (χ0n) is 17.6. The number of primary amides is 1. The van der Waals surface area contributed by atoms with E-state index >= 15 is 0 Å². The normalized spacial score (nSPS) is 14.0. The quantitative estimate of drug-likeness (QED) is 0.448. The molecule has 2 rings (SSSR count). The molecule has 0 bridgehead atoms. The Hall–Kier alpha value is -3.60. The van der Waals surface area contributed by atoms with E-state index in [4.69, 9.17) is 10.5 Å². The second kappa shape index (κ2) is 11.3. The summed E-state index contributed by atoms with van der Waals surface area (Å²) in [6.45, 7) is 1.11. The van der Waals surface area contributed by atoms with Crippen molar-refractivity contribution in [3.8, 4) is 0 Å². The van der Waals surface area contributed by atoms with E-state index < -0.39 is 54.3 Å². The van der Waals surface area contributed by atoms with Gasteiger partial charge in [-0.25, -0.2) is 4.79 Å². The van der Waals surface area contributed by atoms with Crippen LogP contribution in [0.1, 0.15) is 23.6 Å². The smallest absolute Gasteiger partial charge is 0.416 e. The number of ether oxygens (including phenoxy) is 1. The Morgan fingerprint density at radius 1 is 1.03 bits per heavy atom. The summed E-state index contributed by atoms with van der Waals surface area (Å²) in [4.78, 5) is 36.5. The van der Waals surface area contributed by atoms with Crippen molar-refractivity contribution in [1.29, 1.82) is 0 Å². The lowest BCUT2D eigenvalue weighted by atomic mass is 9.99. The summed E-state index contributed by atoms with van der Waals surface area (Å²) < 4.78 is 44.7. The highest BCUT2D eigenvalue weighted by molar-refractivity contribution is 5.91. The first-order valence-corrected chi connectivity index (χ1v) is 9.89. The number of carbonyl (C=O) groups excluding carboxylic acids is 3. The summed E-state index contributed by atoms with van der Waals surface area (Å²) in [6.07, 6.45) is -7.64. The Bertz CT molecular complexity index is 967. The number of halogens is 3. The second-order valence-corrected chi connectivity index (χ2v) is 7.25. The lowest BCUT2D eigenvalue weighted by molar-refractivity contribution is -0.138. The number of benzene rings is 2. The number of alkyl halides is 3. The fourth-order valence-corrected chi connectivity index (χ4v) is 2.98. The van der Waals surface area contributed by atoms with Gasteiger partial charge < -0.3 is 26.2 Å². The Labute approximate surface area is 187 Å². The zero-order chi connectivity index (χ0) is 24.6. The number of aliphatic hydroxyl groups is 1. The molecule has 0 saturated heterocycles. The maximum absolute atomic E-state index is 13.2. The highest BCUT2D eigenvalue weighted by Gasteiger charge is 2.35. The molecule has 33 heavy (non-hydrogen) atoms. The number of aliphatic hydroxyl groups excluding tert-OH is 1. The van der Waals surface area contributed by atoms with Gasteiger partial charge in [-0.15, -0.1) is 0 Å². The van der Waals surface area contributed by atoms with Crippen molar-refractivity contribution in [1.82, 2.24) is 10.6 Å². The maximum atomic E-state index is 13.2. The Morgan fingerprint density at radius 2 is 1.64 bits per heavy atom. The monoisotopic (exact) mass is 467 g/mol. The number of rotatable bonds is 9. The first kappa shape index (κ1) is 25.7. The maximum Gasteiger partial charge on any atom is 0.416 e. The van der Waals surface area contributed by atoms with Crippen LogP contribution >= 0.6 is 0 Å². The van der Waals surface area contributed by atoms with Gasteiger partial charge in [0.1, 0.15) is 18.7 Å². The number of carbonyl (C=O) groups is 3. The Balaban J connectivity index is 2.07. The van der Waals surface area contributed by atoms with E-state index in [1.54, 1.807) is 30.3 Å². The molecule has 0 radical (unpaired) electrons. The van der Waals surface area contributed by atoms with Gasteiger partial charge in [0.25, 0.3) is 0 Å². The van der Waals surface area contributed by atoms with Crippen LogP contribution < -0.4 is 16.4 Å². The molecule has 0 spiro atoms. The molecular weight excluding hydrogens is 443 g/mol. The molecule has 8 nitrogen and oxygen atoms in total. The van der Waals surface area contributed by atoms with Gasteiger partial charge in [-0.2, -0.15) is 13.2 Å². The number of alkyl carbamates (subject to hydrolysis) is 1. The molecule has 2 aromatic carbocycles. The third kappa shape index (κ3) is 7.79. The van der Waals surface area contributed by atoms with Crippen LogP contribution in [0.5, 0.6) is 0 Å². The van der Waals surface area contributed by atoms with E-state index in [0.29, 0.717) is 5.56 Å². The van der Waals surface area contributed by atoms with E-state index in [1.807, 2.05) is 0 Å². The fraction of sp³-hybridized carbons (Fsp3) is 0.318. The van der Waals surface area contributed by atoms with Crippen molar-refractivity contribution >= 4 is 17.9 Å². The molecule has 0 saturated carbocycles. The summed E-state index contributed by atoms with van der Waals surface area (Å²) >= 11 is 0. The molecule has 5 N–H and O–H groups in total. The largest absolute Gasteiger partial charge is 0.445 e. The summed E-state index contributed by atoms with van der Waals surface area (Å²) in [6, 6.07) is 10.2. The molecule has 0 unspecified atom stereocenters. The van der Waals surface area contributed by atoms with Crippen molar-refractivity contribution in [3.63, 3.8) is 0 Å². The summed E-state index contributed by atoms with van der Waals surface area (Å²) in [7, 11) is 0. The van der Waals surface area contributed by atoms with Gasteiger partial charge in [-0.05, 0) is 24.1 Å². The number of hydrogen-bond acceptors (Lipinski definition) is 5. The van der Waals surface area contributed by atoms with Crippen LogP contribution in [0.25, 0.3) is 0 Å². The topological polar surface area (TPSA) is 131 Å². The van der Waals surface area contributed by atoms with Crippen LogP contribution in [0.2, 0.25) is 0 Å². The Kier molecular flexibility index (Phi) is 8.80. The molecule has 2 aromatic rings. The first-order chi connectivity index (χ1) is 15.5. The third-order valence-corrected chi connectivity index (χ3v) is 4.66. The second-order valence-electron chi connectivity index (χ2n) is 7.25. The van der Waals surface area contributed by atoms with Gasteiger partial charge in [0.15, 0.2) is 0 Å². The van der Waals surface area contributed by atoms with E-state index in [1.165, 1.54) is 19.1 Å². The van der Waals surface area contributed by atoms with E-state index in [0.717, 1.165) is 12.1 Å². The van der Waals surface area contributed by atoms with Gasteiger partial charge in [-0.3, -0.25) is 9.59 Å². The molecule has 178 valence electrons. The van der Waals surface area contributed by atoms with E-state index in [2.05, 4.69) is 10.6 Å². The molecule has 11 heteroatoms. The van der Waals surface area contributed by atoms with Crippen LogP contribution in [0.4, 0.5) is 18.0 Å². The van der Waals surface area contributed by atoms with Crippen LogP contribution in [0.3, 0.4) is 0 Å². The predicted octanol–water partition coefficient (Wildman–Crippen LogP) is 1.89. The minimum absolute atomic E-state index is 0.0983. The van der Waals surface area contributed by atoms with Gasteiger partial charge >= 0.3 is 12.3 Å². The highest BCUT2D eigenvalue weighted by Crippen LogP contribution is 2.32. The first-order valence-electron chi connectivity index (χ1n) is 9.89. The lowest BCUT2D eigenvalue weighted by Gasteiger charge is -2.24. The van der Waals surface area contributed by atoms with Gasteiger partial charge in [-0.1, -0.05) is 48.5 Å². The van der Waals surface area contributed by atoms with E-state index in [-0.39, 0.29) is 12.2 Å². The minimum Gasteiger partial charge on any atom is -0.445 e. The zero-order valence-corrected chi connectivity index (χ0v) is 17.6.